The molecule has 2 aromatic carbocycles. The Morgan fingerprint density at radius 3 is 2.48 bits per heavy atom. The van der Waals surface area contributed by atoms with Crippen LogP contribution in [0.3, 0.4) is 0 Å². The van der Waals surface area contributed by atoms with Gasteiger partial charge in [-0.3, -0.25) is 4.79 Å². The number of ether oxygens (including phenoxy) is 3. The van der Waals surface area contributed by atoms with Crippen molar-refractivity contribution < 1.29 is 19.0 Å². The van der Waals surface area contributed by atoms with Crippen LogP contribution in [0, 0.1) is 6.92 Å². The van der Waals surface area contributed by atoms with Gasteiger partial charge in [0, 0.05) is 10.6 Å². The number of thioether (sulfide) groups is 1. The first-order valence-corrected chi connectivity index (χ1v) is 10.6. The first-order valence-electron chi connectivity index (χ1n) is 8.96. The number of hydrogen-bond acceptors (Lipinski definition) is 6. The molecule has 1 N–H and O–H groups in total. The average molecular weight is 450 g/mol. The highest BCUT2D eigenvalue weighted by Crippen LogP contribution is 2.31. The maximum Gasteiger partial charge on any atom is 0.263 e. The molecule has 152 valence electrons. The predicted molar refractivity (Wildman–Crippen MR) is 121 cm³/mol. The van der Waals surface area contributed by atoms with E-state index in [-0.39, 0.29) is 5.91 Å². The second-order valence-electron chi connectivity index (χ2n) is 6.16. The van der Waals surface area contributed by atoms with Crippen LogP contribution < -0.4 is 14.8 Å². The van der Waals surface area contributed by atoms with Gasteiger partial charge in [0.2, 0.25) is 0 Å². The molecule has 1 aliphatic rings. The number of carbonyl (C=O) groups is 1. The molecule has 1 saturated heterocycles. The van der Waals surface area contributed by atoms with Crippen LogP contribution in [0.5, 0.6) is 11.5 Å². The molecule has 0 spiro atoms. The monoisotopic (exact) mass is 449 g/mol. The summed E-state index contributed by atoms with van der Waals surface area (Å²) < 4.78 is 17.4. The number of rotatable bonds is 9. The third-order valence-corrected chi connectivity index (χ3v) is 5.30. The lowest BCUT2D eigenvalue weighted by molar-refractivity contribution is -0.115. The normalized spacial score (nSPS) is 14.9. The molecule has 3 rings (SSSR count). The molecule has 1 amide bonds. The van der Waals surface area contributed by atoms with Gasteiger partial charge in [-0.15, -0.1) is 0 Å². The zero-order valence-electron chi connectivity index (χ0n) is 15.8. The molecule has 0 atom stereocenters. The van der Waals surface area contributed by atoms with Gasteiger partial charge in [0.05, 0.1) is 18.1 Å². The van der Waals surface area contributed by atoms with E-state index in [9.17, 15) is 4.79 Å². The van der Waals surface area contributed by atoms with E-state index in [0.717, 1.165) is 5.75 Å². The van der Waals surface area contributed by atoms with Crippen LogP contribution in [0.25, 0.3) is 6.08 Å². The van der Waals surface area contributed by atoms with Crippen molar-refractivity contribution in [2.24, 2.45) is 0 Å². The lowest BCUT2D eigenvalue weighted by Gasteiger charge is -2.11. The smallest absolute Gasteiger partial charge is 0.263 e. The summed E-state index contributed by atoms with van der Waals surface area (Å²) in [4.78, 5) is 12.4. The Bertz CT molecular complexity index is 915. The van der Waals surface area contributed by atoms with Crippen LogP contribution in [0.4, 0.5) is 0 Å². The zero-order chi connectivity index (χ0) is 20.6. The van der Waals surface area contributed by atoms with Crippen LogP contribution in [-0.2, 0) is 9.53 Å². The number of carbonyl (C=O) groups excluding carboxylic acids is 1. The summed E-state index contributed by atoms with van der Waals surface area (Å²) in [5.74, 6) is 1.22. The summed E-state index contributed by atoms with van der Waals surface area (Å²) in [6.45, 7) is 3.73. The fourth-order valence-electron chi connectivity index (χ4n) is 2.49. The molecule has 1 fully saturated rings. The van der Waals surface area contributed by atoms with Crippen molar-refractivity contribution >= 4 is 51.9 Å². The summed E-state index contributed by atoms with van der Waals surface area (Å²) in [6, 6.07) is 13.1. The third kappa shape index (κ3) is 6.75. The van der Waals surface area contributed by atoms with Crippen LogP contribution in [0.15, 0.2) is 47.4 Å². The number of benzene rings is 2. The summed E-state index contributed by atoms with van der Waals surface area (Å²) in [5.41, 5.74) is 1.90. The maximum absolute atomic E-state index is 11.9. The first-order chi connectivity index (χ1) is 14.0. The molecule has 0 aromatic heterocycles. The highest BCUT2D eigenvalue weighted by molar-refractivity contribution is 8.26. The number of amides is 1. The Morgan fingerprint density at radius 2 is 1.79 bits per heavy atom. The number of halogens is 1. The van der Waals surface area contributed by atoms with Gasteiger partial charge < -0.3 is 19.5 Å². The van der Waals surface area contributed by atoms with Crippen molar-refractivity contribution in [1.29, 1.82) is 0 Å². The largest absolute Gasteiger partial charge is 0.491 e. The Labute approximate surface area is 184 Å². The molecule has 0 unspecified atom stereocenters. The van der Waals surface area contributed by atoms with Crippen molar-refractivity contribution in [2.75, 3.05) is 26.4 Å². The SMILES string of the molecule is Cc1ccc(OCCOCCOc2ccc(Cl)cc2/C=C2/SC(=S)NC2=O)cc1. The lowest BCUT2D eigenvalue weighted by Crippen LogP contribution is -2.17. The van der Waals surface area contributed by atoms with Gasteiger partial charge in [0.25, 0.3) is 5.91 Å². The minimum absolute atomic E-state index is 0.220. The summed E-state index contributed by atoms with van der Waals surface area (Å²) in [5, 5.41) is 3.14. The molecule has 2 aromatic rings. The van der Waals surface area contributed by atoms with E-state index in [1.54, 1.807) is 24.3 Å². The fraction of sp³-hybridized carbons (Fsp3) is 0.238. The van der Waals surface area contributed by atoms with Crippen LogP contribution in [-0.4, -0.2) is 36.7 Å². The van der Waals surface area contributed by atoms with Gasteiger partial charge in [-0.2, -0.15) is 0 Å². The highest BCUT2D eigenvalue weighted by atomic mass is 35.5. The average Bonchev–Trinajstić information content (AvgIpc) is 3.01. The van der Waals surface area contributed by atoms with Crippen molar-refractivity contribution in [3.05, 3.63) is 63.5 Å². The van der Waals surface area contributed by atoms with E-state index in [1.807, 2.05) is 31.2 Å². The fourth-order valence-corrected chi connectivity index (χ4v) is 3.71. The van der Waals surface area contributed by atoms with Crippen molar-refractivity contribution in [3.8, 4) is 11.5 Å². The van der Waals surface area contributed by atoms with Gasteiger partial charge >= 0.3 is 0 Å². The highest BCUT2D eigenvalue weighted by Gasteiger charge is 2.22. The number of nitrogens with one attached hydrogen (secondary N) is 1. The van der Waals surface area contributed by atoms with Crippen molar-refractivity contribution in [2.45, 2.75) is 6.92 Å². The summed E-state index contributed by atoms with van der Waals surface area (Å²) >= 11 is 12.3. The van der Waals surface area contributed by atoms with E-state index in [0.29, 0.717) is 52.0 Å². The standard InChI is InChI=1S/C21H20ClNO4S2/c1-14-2-5-17(6-3-14)26-10-8-25-9-11-27-18-7-4-16(22)12-15(18)13-19-20(24)23-21(28)29-19/h2-7,12-13H,8-11H2,1H3,(H,23,24,28)/b19-13+. The second-order valence-corrected chi connectivity index (χ2v) is 8.31. The maximum atomic E-state index is 11.9. The molecule has 0 radical (unpaired) electrons. The van der Waals surface area contributed by atoms with E-state index in [1.165, 1.54) is 17.3 Å². The minimum atomic E-state index is -0.220. The summed E-state index contributed by atoms with van der Waals surface area (Å²) in [7, 11) is 0. The van der Waals surface area contributed by atoms with E-state index < -0.39 is 0 Å². The molecule has 1 aliphatic heterocycles. The molecule has 5 nitrogen and oxygen atoms in total. The number of hydrogen-bond donors (Lipinski definition) is 1. The quantitative estimate of drug-likeness (QED) is 0.342. The van der Waals surface area contributed by atoms with Gasteiger partial charge in [-0.1, -0.05) is 53.3 Å². The third-order valence-electron chi connectivity index (χ3n) is 3.90. The summed E-state index contributed by atoms with van der Waals surface area (Å²) in [6.07, 6.45) is 1.72. The zero-order valence-corrected chi connectivity index (χ0v) is 18.2. The minimum Gasteiger partial charge on any atom is -0.491 e. The molecule has 0 aliphatic carbocycles. The van der Waals surface area contributed by atoms with Crippen LogP contribution in [0.1, 0.15) is 11.1 Å². The second kappa shape index (κ2) is 10.6. The Morgan fingerprint density at radius 1 is 1.07 bits per heavy atom. The van der Waals surface area contributed by atoms with E-state index in [4.69, 9.17) is 38.0 Å². The first kappa shape index (κ1) is 21.6. The molecular formula is C21H20ClNO4S2. The Hall–Kier alpha value is -2.06. The molecule has 0 bridgehead atoms. The van der Waals surface area contributed by atoms with Gasteiger partial charge in [0.1, 0.15) is 29.0 Å². The van der Waals surface area contributed by atoms with Gasteiger partial charge in [-0.05, 0) is 43.3 Å². The van der Waals surface area contributed by atoms with Crippen LogP contribution in [0.2, 0.25) is 5.02 Å². The number of aryl methyl sites for hydroxylation is 1. The van der Waals surface area contributed by atoms with Crippen LogP contribution >= 0.6 is 35.6 Å². The molecule has 8 heteroatoms. The van der Waals surface area contributed by atoms with Gasteiger partial charge in [-0.25, -0.2) is 0 Å². The molecule has 1 heterocycles. The van der Waals surface area contributed by atoms with Crippen molar-refractivity contribution in [1.82, 2.24) is 5.32 Å². The lowest BCUT2D eigenvalue weighted by atomic mass is 10.2. The van der Waals surface area contributed by atoms with Gasteiger partial charge in [0.15, 0.2) is 0 Å². The Balaban J connectivity index is 1.44. The predicted octanol–water partition coefficient (Wildman–Crippen LogP) is 4.61. The molecule has 0 saturated carbocycles. The molecule has 29 heavy (non-hydrogen) atoms. The van der Waals surface area contributed by atoms with Crippen molar-refractivity contribution in [3.63, 3.8) is 0 Å². The Kier molecular flexibility index (Phi) is 7.94. The molecular weight excluding hydrogens is 430 g/mol. The topological polar surface area (TPSA) is 56.8 Å². The number of thiocarbonyl (C=S) groups is 1. The van der Waals surface area contributed by atoms with E-state index >= 15 is 0 Å². The van der Waals surface area contributed by atoms with E-state index in [2.05, 4.69) is 5.32 Å².